The van der Waals surface area contributed by atoms with E-state index in [9.17, 15) is 5.11 Å². The van der Waals surface area contributed by atoms with Crippen molar-refractivity contribution in [3.05, 3.63) is 108 Å². The van der Waals surface area contributed by atoms with Crippen LogP contribution in [0.25, 0.3) is 49.3 Å². The lowest BCUT2D eigenvalue weighted by atomic mass is 9.83. The Hall–Kier alpha value is -4.90. The second kappa shape index (κ2) is 8.82. The number of aromatic hydroxyl groups is 1. The molecule has 3 aromatic heterocycles. The highest BCUT2D eigenvalue weighted by molar-refractivity contribution is 6.10. The van der Waals surface area contributed by atoms with Gasteiger partial charge in [-0.3, -0.25) is 4.57 Å². The Labute approximate surface area is 232 Å². The van der Waals surface area contributed by atoms with Crippen molar-refractivity contribution in [3.8, 4) is 23.2 Å². The number of hydrogen-bond donors (Lipinski definition) is 1. The van der Waals surface area contributed by atoms with Gasteiger partial charge in [0.15, 0.2) is 0 Å². The summed E-state index contributed by atoms with van der Waals surface area (Å²) < 4.78 is 8.66. The average Bonchev–Trinajstić information content (AvgIpc) is 3.27. The van der Waals surface area contributed by atoms with Crippen LogP contribution < -0.4 is 4.74 Å². The van der Waals surface area contributed by atoms with Crippen molar-refractivity contribution in [2.24, 2.45) is 0 Å². The molecule has 0 aliphatic carbocycles. The average molecular weight is 524 g/mol. The molecule has 5 nitrogen and oxygen atoms in total. The maximum Gasteiger partial charge on any atom is 0.220 e. The number of hydrogen-bond acceptors (Lipinski definition) is 4. The Morgan fingerprint density at radius 2 is 1.52 bits per heavy atom. The first-order valence-corrected chi connectivity index (χ1v) is 13.5. The first-order valence-electron chi connectivity index (χ1n) is 13.5. The molecule has 4 aromatic carbocycles. The minimum absolute atomic E-state index is 0.147. The third-order valence-corrected chi connectivity index (χ3v) is 7.66. The first kappa shape index (κ1) is 24.2. The molecule has 0 bridgehead atoms. The monoisotopic (exact) mass is 523 g/mol. The summed E-state index contributed by atoms with van der Waals surface area (Å²) in [6.07, 6.45) is 1.86. The van der Waals surface area contributed by atoms with Crippen molar-refractivity contribution in [2.45, 2.75) is 33.1 Å². The third kappa shape index (κ3) is 3.77. The van der Waals surface area contributed by atoms with E-state index >= 15 is 0 Å². The van der Waals surface area contributed by atoms with Crippen LogP contribution in [0.4, 0.5) is 0 Å². The number of aromatic nitrogens is 3. The van der Waals surface area contributed by atoms with Gasteiger partial charge in [0.05, 0.1) is 11.0 Å². The fourth-order valence-corrected chi connectivity index (χ4v) is 5.76. The van der Waals surface area contributed by atoms with Gasteiger partial charge >= 0.3 is 0 Å². The highest BCUT2D eigenvalue weighted by Gasteiger charge is 2.22. The van der Waals surface area contributed by atoms with Gasteiger partial charge in [0, 0.05) is 39.9 Å². The van der Waals surface area contributed by atoms with Crippen LogP contribution in [0.2, 0.25) is 0 Å². The van der Waals surface area contributed by atoms with Crippen LogP contribution >= 0.6 is 0 Å². The second-order valence-corrected chi connectivity index (χ2v) is 11.4. The van der Waals surface area contributed by atoms with Gasteiger partial charge in [-0.05, 0) is 59.2 Å². The number of ether oxygens (including phenoxy) is 1. The van der Waals surface area contributed by atoms with Crippen molar-refractivity contribution in [3.63, 3.8) is 0 Å². The Morgan fingerprint density at radius 1 is 0.775 bits per heavy atom. The molecule has 7 rings (SSSR count). The zero-order valence-electron chi connectivity index (χ0n) is 22.9. The van der Waals surface area contributed by atoms with Crippen LogP contribution in [0.5, 0.6) is 17.4 Å². The number of para-hydroxylation sites is 1. The summed E-state index contributed by atoms with van der Waals surface area (Å²) in [4.78, 5) is 9.59. The van der Waals surface area contributed by atoms with Gasteiger partial charge in [0.25, 0.3) is 0 Å². The van der Waals surface area contributed by atoms with Gasteiger partial charge in [0.2, 0.25) is 5.88 Å². The topological polar surface area (TPSA) is 60.2 Å². The van der Waals surface area contributed by atoms with Gasteiger partial charge < -0.3 is 9.84 Å². The number of benzene rings is 4. The van der Waals surface area contributed by atoms with Crippen molar-refractivity contribution in [1.82, 2.24) is 14.5 Å². The molecule has 0 fully saturated rings. The molecule has 0 saturated heterocycles. The summed E-state index contributed by atoms with van der Waals surface area (Å²) >= 11 is 0. The molecule has 0 atom stereocenters. The number of aryl methyl sites for hydroxylation is 1. The van der Waals surface area contributed by atoms with Gasteiger partial charge in [-0.2, -0.15) is 0 Å². The molecular formula is C35H29N3O2. The number of phenolic OH excluding ortho intramolecular Hbond substituents is 1. The van der Waals surface area contributed by atoms with Gasteiger partial charge in [-0.1, -0.05) is 69.3 Å². The van der Waals surface area contributed by atoms with E-state index < -0.39 is 0 Å². The quantitative estimate of drug-likeness (QED) is 0.251. The van der Waals surface area contributed by atoms with Crippen molar-refractivity contribution in [2.75, 3.05) is 0 Å². The summed E-state index contributed by atoms with van der Waals surface area (Å²) in [7, 11) is 0. The van der Waals surface area contributed by atoms with Crippen LogP contribution in [-0.4, -0.2) is 19.6 Å². The molecule has 3 heterocycles. The summed E-state index contributed by atoms with van der Waals surface area (Å²) in [6, 6.07) is 30.5. The summed E-state index contributed by atoms with van der Waals surface area (Å²) in [5.41, 5.74) is 4.61. The van der Waals surface area contributed by atoms with E-state index in [0.29, 0.717) is 17.1 Å². The standard InChI is InChI=1S/C35H29N3O2/c1-21-13-16-30(39)33-32(21)27(35(2,3)4)20-31(37-33)40-23-14-15-26-25-11-7-8-12-28(25)38(29(26)19-23)34-24-10-6-5-9-22(24)17-18-36-34/h5-20,39H,1-4H3. The van der Waals surface area contributed by atoms with E-state index in [0.717, 1.165) is 54.9 Å². The van der Waals surface area contributed by atoms with E-state index in [1.54, 1.807) is 6.07 Å². The maximum absolute atomic E-state index is 10.7. The molecule has 0 amide bonds. The van der Waals surface area contributed by atoms with E-state index in [-0.39, 0.29) is 11.2 Å². The lowest BCUT2D eigenvalue weighted by molar-refractivity contribution is 0.457. The number of rotatable bonds is 3. The number of fused-ring (bicyclic) bond motifs is 5. The van der Waals surface area contributed by atoms with Crippen molar-refractivity contribution >= 4 is 43.5 Å². The predicted molar refractivity (Wildman–Crippen MR) is 163 cm³/mol. The Balaban J connectivity index is 1.45. The van der Waals surface area contributed by atoms with Crippen LogP contribution in [0, 0.1) is 6.92 Å². The Morgan fingerprint density at radius 3 is 2.35 bits per heavy atom. The van der Waals surface area contributed by atoms with Gasteiger partial charge in [-0.15, -0.1) is 0 Å². The van der Waals surface area contributed by atoms with Crippen LogP contribution in [0.3, 0.4) is 0 Å². The van der Waals surface area contributed by atoms with Crippen LogP contribution in [0.1, 0.15) is 31.9 Å². The Kier molecular flexibility index (Phi) is 5.33. The number of phenols is 1. The highest BCUT2D eigenvalue weighted by atomic mass is 16.5. The lowest BCUT2D eigenvalue weighted by Gasteiger charge is -2.23. The number of pyridine rings is 2. The molecule has 0 unspecified atom stereocenters. The predicted octanol–water partition coefficient (Wildman–Crippen LogP) is 8.98. The van der Waals surface area contributed by atoms with Crippen LogP contribution in [0.15, 0.2) is 97.2 Å². The minimum atomic E-state index is -0.172. The SMILES string of the molecule is Cc1ccc(O)c2nc(Oc3ccc4c5ccccc5n(-c5nccc6ccccc56)c4c3)cc(C(C)(C)C)c12. The minimum Gasteiger partial charge on any atom is -0.506 e. The summed E-state index contributed by atoms with van der Waals surface area (Å²) in [5.74, 6) is 2.13. The fourth-order valence-electron chi connectivity index (χ4n) is 5.76. The normalized spacial score (nSPS) is 12.1. The highest BCUT2D eigenvalue weighted by Crippen LogP contribution is 2.40. The molecule has 0 spiro atoms. The zero-order valence-corrected chi connectivity index (χ0v) is 22.9. The van der Waals surface area contributed by atoms with Crippen LogP contribution in [-0.2, 0) is 5.41 Å². The maximum atomic E-state index is 10.7. The molecule has 0 aliphatic rings. The second-order valence-electron chi connectivity index (χ2n) is 11.4. The summed E-state index contributed by atoms with van der Waals surface area (Å²) in [5, 5.41) is 16.2. The number of nitrogens with zero attached hydrogens (tertiary/aromatic N) is 3. The molecular weight excluding hydrogens is 494 g/mol. The fraction of sp³-hybridized carbons (Fsp3) is 0.143. The molecule has 0 aliphatic heterocycles. The molecule has 5 heteroatoms. The molecule has 1 N–H and O–H groups in total. The van der Waals surface area contributed by atoms with E-state index in [2.05, 4.69) is 73.9 Å². The molecule has 0 saturated carbocycles. The van der Waals surface area contributed by atoms with Crippen molar-refractivity contribution in [1.29, 1.82) is 0 Å². The van der Waals surface area contributed by atoms with E-state index in [4.69, 9.17) is 14.7 Å². The Bertz CT molecular complexity index is 2100. The molecule has 7 aromatic rings. The van der Waals surface area contributed by atoms with E-state index in [1.165, 1.54) is 0 Å². The van der Waals surface area contributed by atoms with E-state index in [1.807, 2.05) is 49.5 Å². The van der Waals surface area contributed by atoms with Crippen molar-refractivity contribution < 1.29 is 9.84 Å². The van der Waals surface area contributed by atoms with Gasteiger partial charge in [0.1, 0.15) is 22.8 Å². The molecule has 40 heavy (non-hydrogen) atoms. The largest absolute Gasteiger partial charge is 0.506 e. The lowest BCUT2D eigenvalue weighted by Crippen LogP contribution is -2.13. The molecule has 0 radical (unpaired) electrons. The van der Waals surface area contributed by atoms with Gasteiger partial charge in [-0.25, -0.2) is 9.97 Å². The smallest absolute Gasteiger partial charge is 0.220 e. The first-order chi connectivity index (χ1) is 19.3. The third-order valence-electron chi connectivity index (χ3n) is 7.66. The molecule has 196 valence electrons. The zero-order chi connectivity index (χ0) is 27.6. The summed E-state index contributed by atoms with van der Waals surface area (Å²) in [6.45, 7) is 8.54.